The number of ether oxygens (including phenoxy) is 1. The summed E-state index contributed by atoms with van der Waals surface area (Å²) >= 11 is 0. The second-order valence-electron chi connectivity index (χ2n) is 4.73. The van der Waals surface area contributed by atoms with Gasteiger partial charge in [-0.3, -0.25) is 4.98 Å². The summed E-state index contributed by atoms with van der Waals surface area (Å²) in [5.74, 6) is 1.61. The Morgan fingerprint density at radius 2 is 2.05 bits per heavy atom. The van der Waals surface area contributed by atoms with Crippen molar-refractivity contribution < 1.29 is 4.74 Å². The predicted octanol–water partition coefficient (Wildman–Crippen LogP) is 2.93. The van der Waals surface area contributed by atoms with Crippen LogP contribution in [0.4, 0.5) is 5.82 Å². The van der Waals surface area contributed by atoms with Crippen molar-refractivity contribution in [3.63, 3.8) is 0 Å². The fourth-order valence-corrected chi connectivity index (χ4v) is 2.10. The summed E-state index contributed by atoms with van der Waals surface area (Å²) in [5, 5.41) is 3.10. The Morgan fingerprint density at radius 3 is 2.70 bits per heavy atom. The SMILES string of the molecule is CCc1c(NC)ncnc1-c1cncc(OC(C)C)c1. The summed E-state index contributed by atoms with van der Waals surface area (Å²) < 4.78 is 5.68. The van der Waals surface area contributed by atoms with Gasteiger partial charge in [0.05, 0.1) is 18.0 Å². The van der Waals surface area contributed by atoms with Gasteiger partial charge in [-0.05, 0) is 26.3 Å². The van der Waals surface area contributed by atoms with Crippen molar-refractivity contribution in [1.29, 1.82) is 0 Å². The molecule has 0 aromatic carbocycles. The van der Waals surface area contributed by atoms with E-state index in [1.165, 1.54) is 0 Å². The van der Waals surface area contributed by atoms with Crippen molar-refractivity contribution >= 4 is 5.82 Å². The second-order valence-corrected chi connectivity index (χ2v) is 4.73. The van der Waals surface area contributed by atoms with E-state index in [0.29, 0.717) is 0 Å². The highest BCUT2D eigenvalue weighted by molar-refractivity contribution is 5.68. The summed E-state index contributed by atoms with van der Waals surface area (Å²) in [6.07, 6.45) is 6.05. The summed E-state index contributed by atoms with van der Waals surface area (Å²) in [6.45, 7) is 6.08. The lowest BCUT2D eigenvalue weighted by molar-refractivity contribution is 0.241. The maximum absolute atomic E-state index is 5.68. The fraction of sp³-hybridized carbons (Fsp3) is 0.400. The molecule has 0 spiro atoms. The van der Waals surface area contributed by atoms with Crippen LogP contribution in [-0.2, 0) is 6.42 Å². The van der Waals surface area contributed by atoms with Gasteiger partial charge in [0, 0.05) is 24.4 Å². The molecule has 5 nitrogen and oxygen atoms in total. The molecule has 0 aliphatic rings. The molecular weight excluding hydrogens is 252 g/mol. The molecule has 2 aromatic heterocycles. The first-order chi connectivity index (χ1) is 9.65. The first-order valence-corrected chi connectivity index (χ1v) is 6.79. The monoisotopic (exact) mass is 272 g/mol. The van der Waals surface area contributed by atoms with Gasteiger partial charge in [-0.2, -0.15) is 0 Å². The van der Waals surface area contributed by atoms with E-state index in [4.69, 9.17) is 4.74 Å². The quantitative estimate of drug-likeness (QED) is 0.906. The molecule has 5 heteroatoms. The van der Waals surface area contributed by atoms with Crippen molar-refractivity contribution in [3.8, 4) is 17.0 Å². The minimum absolute atomic E-state index is 0.121. The third kappa shape index (κ3) is 3.04. The van der Waals surface area contributed by atoms with Crippen LogP contribution in [0.3, 0.4) is 0 Å². The zero-order chi connectivity index (χ0) is 14.5. The maximum Gasteiger partial charge on any atom is 0.138 e. The van der Waals surface area contributed by atoms with Gasteiger partial charge in [0.1, 0.15) is 17.9 Å². The summed E-state index contributed by atoms with van der Waals surface area (Å²) in [7, 11) is 1.86. The van der Waals surface area contributed by atoms with E-state index in [0.717, 1.165) is 34.8 Å². The Hall–Kier alpha value is -2.17. The van der Waals surface area contributed by atoms with Crippen molar-refractivity contribution in [2.45, 2.75) is 33.3 Å². The molecule has 20 heavy (non-hydrogen) atoms. The molecule has 0 bridgehead atoms. The molecular formula is C15H20N4O. The van der Waals surface area contributed by atoms with Crippen LogP contribution in [0.2, 0.25) is 0 Å². The number of nitrogens with one attached hydrogen (secondary N) is 1. The van der Waals surface area contributed by atoms with Gasteiger partial charge in [0.25, 0.3) is 0 Å². The Balaban J connectivity index is 2.46. The van der Waals surface area contributed by atoms with E-state index in [2.05, 4.69) is 27.2 Å². The fourth-order valence-electron chi connectivity index (χ4n) is 2.10. The van der Waals surface area contributed by atoms with Gasteiger partial charge >= 0.3 is 0 Å². The number of nitrogens with zero attached hydrogens (tertiary/aromatic N) is 3. The van der Waals surface area contributed by atoms with Crippen LogP contribution in [-0.4, -0.2) is 28.1 Å². The number of rotatable bonds is 5. The highest BCUT2D eigenvalue weighted by atomic mass is 16.5. The smallest absolute Gasteiger partial charge is 0.138 e. The van der Waals surface area contributed by atoms with Crippen LogP contribution in [0.15, 0.2) is 24.8 Å². The molecule has 0 aliphatic heterocycles. The largest absolute Gasteiger partial charge is 0.489 e. The van der Waals surface area contributed by atoms with Crippen LogP contribution < -0.4 is 10.1 Å². The lowest BCUT2D eigenvalue weighted by Gasteiger charge is -2.13. The van der Waals surface area contributed by atoms with Crippen LogP contribution in [0, 0.1) is 0 Å². The maximum atomic E-state index is 5.68. The zero-order valence-electron chi connectivity index (χ0n) is 12.3. The summed E-state index contributed by atoms with van der Waals surface area (Å²) in [6, 6.07) is 1.97. The molecule has 106 valence electrons. The van der Waals surface area contributed by atoms with E-state index in [1.807, 2.05) is 27.0 Å². The topological polar surface area (TPSA) is 59.9 Å². The standard InChI is InChI=1S/C15H20N4O/c1-5-13-14(18-9-19-15(13)16-4)11-6-12(8-17-7-11)20-10(2)3/h6-10H,5H2,1-4H3,(H,16,18,19). The highest BCUT2D eigenvalue weighted by Gasteiger charge is 2.12. The Kier molecular flexibility index (Phi) is 4.50. The van der Waals surface area contributed by atoms with E-state index >= 15 is 0 Å². The molecule has 0 atom stereocenters. The molecule has 0 aliphatic carbocycles. The molecule has 2 aromatic rings. The van der Waals surface area contributed by atoms with Crippen molar-refractivity contribution in [3.05, 3.63) is 30.4 Å². The third-order valence-electron chi connectivity index (χ3n) is 2.89. The van der Waals surface area contributed by atoms with E-state index < -0.39 is 0 Å². The van der Waals surface area contributed by atoms with Gasteiger partial charge in [0.15, 0.2) is 0 Å². The van der Waals surface area contributed by atoms with Crippen LogP contribution >= 0.6 is 0 Å². The van der Waals surface area contributed by atoms with Crippen LogP contribution in [0.5, 0.6) is 5.75 Å². The minimum atomic E-state index is 0.121. The average Bonchev–Trinajstić information content (AvgIpc) is 2.45. The van der Waals surface area contributed by atoms with E-state index in [9.17, 15) is 0 Å². The Labute approximate surface area is 119 Å². The van der Waals surface area contributed by atoms with Crippen LogP contribution in [0.25, 0.3) is 11.3 Å². The number of hydrogen-bond acceptors (Lipinski definition) is 5. The summed E-state index contributed by atoms with van der Waals surface area (Å²) in [5.41, 5.74) is 2.92. The molecule has 2 heterocycles. The van der Waals surface area contributed by atoms with Crippen LogP contribution in [0.1, 0.15) is 26.3 Å². The molecule has 0 fully saturated rings. The van der Waals surface area contributed by atoms with Gasteiger partial charge < -0.3 is 10.1 Å². The number of hydrogen-bond donors (Lipinski definition) is 1. The second kappa shape index (κ2) is 6.32. The van der Waals surface area contributed by atoms with Gasteiger partial charge in [-0.25, -0.2) is 9.97 Å². The average molecular weight is 272 g/mol. The number of pyridine rings is 1. The first kappa shape index (κ1) is 14.2. The highest BCUT2D eigenvalue weighted by Crippen LogP contribution is 2.27. The molecule has 0 saturated carbocycles. The van der Waals surface area contributed by atoms with Crippen molar-refractivity contribution in [1.82, 2.24) is 15.0 Å². The Bertz CT molecular complexity index is 584. The molecule has 2 rings (SSSR count). The normalized spacial score (nSPS) is 10.7. The summed E-state index contributed by atoms with van der Waals surface area (Å²) in [4.78, 5) is 12.9. The molecule has 0 unspecified atom stereocenters. The number of anilines is 1. The van der Waals surface area contributed by atoms with Gasteiger partial charge in [0.2, 0.25) is 0 Å². The third-order valence-corrected chi connectivity index (χ3v) is 2.89. The lowest BCUT2D eigenvalue weighted by Crippen LogP contribution is -2.06. The first-order valence-electron chi connectivity index (χ1n) is 6.79. The minimum Gasteiger partial charge on any atom is -0.489 e. The zero-order valence-corrected chi connectivity index (χ0v) is 12.3. The van der Waals surface area contributed by atoms with E-state index in [1.54, 1.807) is 18.7 Å². The van der Waals surface area contributed by atoms with Crippen molar-refractivity contribution in [2.75, 3.05) is 12.4 Å². The van der Waals surface area contributed by atoms with Crippen molar-refractivity contribution in [2.24, 2.45) is 0 Å². The predicted molar refractivity (Wildman–Crippen MR) is 80.0 cm³/mol. The molecule has 1 N–H and O–H groups in total. The Morgan fingerprint density at radius 1 is 1.25 bits per heavy atom. The van der Waals surface area contributed by atoms with Gasteiger partial charge in [-0.1, -0.05) is 6.92 Å². The molecule has 0 saturated heterocycles. The molecule has 0 radical (unpaired) electrons. The van der Waals surface area contributed by atoms with Gasteiger partial charge in [-0.15, -0.1) is 0 Å². The molecule has 0 amide bonds. The lowest BCUT2D eigenvalue weighted by atomic mass is 10.1. The number of aromatic nitrogens is 3. The van der Waals surface area contributed by atoms with E-state index in [-0.39, 0.29) is 6.10 Å².